The van der Waals surface area contributed by atoms with Gasteiger partial charge < -0.3 is 10.2 Å². The van der Waals surface area contributed by atoms with E-state index in [0.29, 0.717) is 11.5 Å². The topological polar surface area (TPSA) is 86.6 Å². The first-order chi connectivity index (χ1) is 16.0. The second kappa shape index (κ2) is 14.4. The molecule has 5 rings (SSSR count). The van der Waals surface area contributed by atoms with Crippen molar-refractivity contribution in [2.24, 2.45) is 0 Å². The fourth-order valence-corrected chi connectivity index (χ4v) is 2.47. The lowest BCUT2D eigenvalue weighted by Crippen LogP contribution is -2.19. The van der Waals surface area contributed by atoms with Crippen molar-refractivity contribution in [3.63, 3.8) is 0 Å². The first kappa shape index (κ1) is 24.6. The molecule has 33 heavy (non-hydrogen) atoms. The van der Waals surface area contributed by atoms with Crippen LogP contribution in [-0.4, -0.2) is 22.0 Å². The minimum absolute atomic E-state index is 0.322. The highest BCUT2D eigenvalue weighted by molar-refractivity contribution is 6.12. The highest BCUT2D eigenvalue weighted by atomic mass is 16.3. The number of imide groups is 1. The summed E-state index contributed by atoms with van der Waals surface area (Å²) in [5.74, 6) is -0.0139. The quantitative estimate of drug-likeness (QED) is 0.350. The molecule has 166 valence electrons. The fraction of sp³-hybridized carbons (Fsp3) is 0. The lowest BCUT2D eigenvalue weighted by Gasteiger charge is -1.98. The molecule has 0 atom stereocenters. The molecular formula is C28H25NO4. The van der Waals surface area contributed by atoms with Crippen molar-refractivity contribution in [3.05, 3.63) is 133 Å². The second-order valence-electron chi connectivity index (χ2n) is 6.59. The van der Waals surface area contributed by atoms with Crippen LogP contribution in [0.3, 0.4) is 0 Å². The first-order valence-corrected chi connectivity index (χ1v) is 10.2. The summed E-state index contributed by atoms with van der Waals surface area (Å²) in [4.78, 5) is 20.1. The maximum absolute atomic E-state index is 10.0. The van der Waals surface area contributed by atoms with Gasteiger partial charge in [-0.3, -0.25) is 14.9 Å². The second-order valence-corrected chi connectivity index (χ2v) is 6.59. The number of para-hydroxylation sites is 2. The van der Waals surface area contributed by atoms with Crippen LogP contribution in [0.15, 0.2) is 133 Å². The van der Waals surface area contributed by atoms with Gasteiger partial charge in [-0.2, -0.15) is 0 Å². The van der Waals surface area contributed by atoms with Crippen molar-refractivity contribution < 1.29 is 19.8 Å². The Morgan fingerprint density at radius 3 is 0.879 bits per heavy atom. The van der Waals surface area contributed by atoms with Crippen molar-refractivity contribution >= 4 is 11.8 Å². The Hall–Kier alpha value is -4.64. The van der Waals surface area contributed by atoms with Gasteiger partial charge in [0.15, 0.2) is 0 Å². The molecule has 0 radical (unpaired) electrons. The van der Waals surface area contributed by atoms with Crippen LogP contribution in [0.1, 0.15) is 0 Å². The summed E-state index contributed by atoms with van der Waals surface area (Å²) in [5, 5.41) is 19.3. The summed E-state index contributed by atoms with van der Waals surface area (Å²) in [6.45, 7) is 0. The van der Waals surface area contributed by atoms with Crippen LogP contribution < -0.4 is 5.32 Å². The zero-order valence-electron chi connectivity index (χ0n) is 17.9. The number of benzene rings is 4. The Bertz CT molecular complexity index is 1020. The number of rotatable bonds is 1. The standard InChI is InChI=1S/C12H10.2C6H6O.C4H3NO2/c1-3-7-11(8-4-1)12-9-5-2-6-10-12;2*7-6-4-2-1-3-5-6;6-3-1-2-4(7)5-3/h1-10H;2*1-5,7H;1-2H,(H,5,6,7). The van der Waals surface area contributed by atoms with Gasteiger partial charge >= 0.3 is 0 Å². The van der Waals surface area contributed by atoms with Crippen LogP contribution >= 0.6 is 0 Å². The molecule has 0 bridgehead atoms. The predicted octanol–water partition coefficient (Wildman–Crippen LogP) is 5.34. The number of carbonyl (C=O) groups excluding carboxylic acids is 2. The van der Waals surface area contributed by atoms with E-state index in [4.69, 9.17) is 10.2 Å². The molecule has 1 heterocycles. The molecule has 1 aliphatic heterocycles. The van der Waals surface area contributed by atoms with Crippen LogP contribution in [0, 0.1) is 0 Å². The van der Waals surface area contributed by atoms with Gasteiger partial charge in [-0.1, -0.05) is 97.1 Å². The minimum Gasteiger partial charge on any atom is -0.508 e. The van der Waals surface area contributed by atoms with E-state index in [-0.39, 0.29) is 11.8 Å². The van der Waals surface area contributed by atoms with Crippen LogP contribution in [-0.2, 0) is 9.59 Å². The van der Waals surface area contributed by atoms with Crippen molar-refractivity contribution in [1.82, 2.24) is 5.32 Å². The minimum atomic E-state index is -0.329. The number of carbonyl (C=O) groups is 2. The van der Waals surface area contributed by atoms with E-state index in [1.807, 2.05) is 29.6 Å². The lowest BCUT2D eigenvalue weighted by molar-refractivity contribution is -0.123. The fourth-order valence-electron chi connectivity index (χ4n) is 2.47. The molecule has 0 unspecified atom stereocenters. The van der Waals surface area contributed by atoms with Gasteiger partial charge in [0, 0.05) is 12.2 Å². The Morgan fingerprint density at radius 2 is 0.697 bits per heavy atom. The van der Waals surface area contributed by atoms with Crippen LogP contribution in [0.25, 0.3) is 11.1 Å². The summed E-state index contributed by atoms with van der Waals surface area (Å²) < 4.78 is 0. The third-order valence-electron chi connectivity index (χ3n) is 4.03. The number of phenols is 2. The third-order valence-corrected chi connectivity index (χ3v) is 4.03. The summed E-state index contributed by atoms with van der Waals surface area (Å²) in [6.07, 6.45) is 2.39. The SMILES string of the molecule is O=C1C=CC(=O)N1.Oc1ccccc1.Oc1ccccc1.c1ccc(-c2ccccc2)cc1. The molecule has 0 saturated carbocycles. The van der Waals surface area contributed by atoms with Gasteiger partial charge in [0.2, 0.25) is 0 Å². The first-order valence-electron chi connectivity index (χ1n) is 10.2. The van der Waals surface area contributed by atoms with Crippen LogP contribution in [0.2, 0.25) is 0 Å². The highest BCUT2D eigenvalue weighted by Crippen LogP contribution is 2.17. The zero-order chi connectivity index (χ0) is 23.7. The molecule has 0 spiro atoms. The van der Waals surface area contributed by atoms with E-state index < -0.39 is 0 Å². The molecule has 4 aromatic carbocycles. The normalized spacial score (nSPS) is 10.9. The molecule has 4 aromatic rings. The Labute approximate surface area is 193 Å². The van der Waals surface area contributed by atoms with Gasteiger partial charge in [-0.25, -0.2) is 0 Å². The Kier molecular flexibility index (Phi) is 10.7. The molecule has 0 saturated heterocycles. The van der Waals surface area contributed by atoms with E-state index in [2.05, 4.69) is 48.5 Å². The highest BCUT2D eigenvalue weighted by Gasteiger charge is 2.06. The number of amides is 2. The van der Waals surface area contributed by atoms with Crippen LogP contribution in [0.5, 0.6) is 11.5 Å². The average molecular weight is 440 g/mol. The number of hydrogen-bond acceptors (Lipinski definition) is 4. The van der Waals surface area contributed by atoms with Crippen molar-refractivity contribution in [2.45, 2.75) is 0 Å². The van der Waals surface area contributed by atoms with E-state index in [1.54, 1.807) is 48.5 Å². The van der Waals surface area contributed by atoms with Crippen molar-refractivity contribution in [2.75, 3.05) is 0 Å². The van der Waals surface area contributed by atoms with Gasteiger partial charge in [0.05, 0.1) is 0 Å². The maximum atomic E-state index is 10.0. The molecule has 2 amide bonds. The molecule has 0 aromatic heterocycles. The van der Waals surface area contributed by atoms with Crippen molar-refractivity contribution in [3.8, 4) is 22.6 Å². The largest absolute Gasteiger partial charge is 0.508 e. The summed E-state index contributed by atoms with van der Waals surface area (Å²) in [5.41, 5.74) is 2.55. The number of nitrogens with one attached hydrogen (secondary N) is 1. The number of hydrogen-bond donors (Lipinski definition) is 3. The number of aromatic hydroxyl groups is 2. The van der Waals surface area contributed by atoms with E-state index in [0.717, 1.165) is 0 Å². The van der Waals surface area contributed by atoms with Gasteiger partial charge in [0.25, 0.3) is 11.8 Å². The van der Waals surface area contributed by atoms with Gasteiger partial charge in [-0.05, 0) is 35.4 Å². The average Bonchev–Trinajstić information content (AvgIpc) is 3.25. The molecular weight excluding hydrogens is 414 g/mol. The molecule has 5 nitrogen and oxygen atoms in total. The zero-order valence-corrected chi connectivity index (χ0v) is 17.9. The summed E-state index contributed by atoms with van der Waals surface area (Å²) in [6, 6.07) is 38.2. The summed E-state index contributed by atoms with van der Waals surface area (Å²) in [7, 11) is 0. The monoisotopic (exact) mass is 439 g/mol. The molecule has 3 N–H and O–H groups in total. The Balaban J connectivity index is 0.000000162. The smallest absolute Gasteiger partial charge is 0.250 e. The summed E-state index contributed by atoms with van der Waals surface area (Å²) >= 11 is 0. The predicted molar refractivity (Wildman–Crippen MR) is 130 cm³/mol. The maximum Gasteiger partial charge on any atom is 0.250 e. The lowest BCUT2D eigenvalue weighted by atomic mass is 10.1. The Morgan fingerprint density at radius 1 is 0.424 bits per heavy atom. The van der Waals surface area contributed by atoms with E-state index in [9.17, 15) is 9.59 Å². The van der Waals surface area contributed by atoms with Gasteiger partial charge in [-0.15, -0.1) is 0 Å². The third kappa shape index (κ3) is 10.8. The van der Waals surface area contributed by atoms with E-state index in [1.165, 1.54) is 23.3 Å². The van der Waals surface area contributed by atoms with E-state index >= 15 is 0 Å². The van der Waals surface area contributed by atoms with Gasteiger partial charge in [0.1, 0.15) is 11.5 Å². The van der Waals surface area contributed by atoms with Crippen LogP contribution in [0.4, 0.5) is 0 Å². The molecule has 0 aliphatic carbocycles. The molecule has 1 aliphatic rings. The molecule has 5 heteroatoms. The molecule has 0 fully saturated rings. The number of phenolic OH excluding ortho intramolecular Hbond substituents is 2. The van der Waals surface area contributed by atoms with Crippen molar-refractivity contribution in [1.29, 1.82) is 0 Å².